The molecule has 4 fully saturated rings. The maximum absolute atomic E-state index is 14.8. The van der Waals surface area contributed by atoms with E-state index < -0.39 is 118 Å². The van der Waals surface area contributed by atoms with Gasteiger partial charge in [0.2, 0.25) is 5.60 Å². The van der Waals surface area contributed by atoms with Crippen molar-refractivity contribution in [3.05, 3.63) is 82.9 Å². The summed E-state index contributed by atoms with van der Waals surface area (Å²) in [6.07, 6.45) is -17.9. The zero-order valence-corrected chi connectivity index (χ0v) is 33.4. The third kappa shape index (κ3) is 5.56. The summed E-state index contributed by atoms with van der Waals surface area (Å²) >= 11 is 0. The molecule has 3 saturated carbocycles. The van der Waals surface area contributed by atoms with Gasteiger partial charge in [-0.1, -0.05) is 55.5 Å². The minimum atomic E-state index is -4.99. The van der Waals surface area contributed by atoms with Crippen molar-refractivity contribution in [2.75, 3.05) is 6.61 Å². The Bertz CT molecular complexity index is 2150. The van der Waals surface area contributed by atoms with Crippen molar-refractivity contribution >= 4 is 29.8 Å². The number of halogens is 3. The molecule has 0 bridgehead atoms. The monoisotopic (exact) mass is 845 g/mol. The first kappa shape index (κ1) is 43.2. The van der Waals surface area contributed by atoms with Crippen molar-refractivity contribution in [3.8, 4) is 0 Å². The second-order valence-corrected chi connectivity index (χ2v) is 17.1. The molecule has 7 rings (SSSR count). The van der Waals surface area contributed by atoms with E-state index in [-0.39, 0.29) is 35.3 Å². The van der Waals surface area contributed by atoms with Crippen LogP contribution in [-0.2, 0) is 38.1 Å². The van der Waals surface area contributed by atoms with Crippen LogP contribution in [0.2, 0.25) is 0 Å². The van der Waals surface area contributed by atoms with Gasteiger partial charge in [-0.15, -0.1) is 0 Å². The van der Waals surface area contributed by atoms with Gasteiger partial charge in [-0.05, 0) is 56.5 Å². The topological polar surface area (TPSA) is 224 Å². The maximum atomic E-state index is 14.8. The van der Waals surface area contributed by atoms with Crippen molar-refractivity contribution in [2.24, 2.45) is 16.2 Å². The van der Waals surface area contributed by atoms with Crippen LogP contribution < -0.4 is 5.32 Å². The molecule has 12 atom stereocenters. The number of esters is 3. The van der Waals surface area contributed by atoms with Crippen LogP contribution in [0.1, 0.15) is 76.3 Å². The molecule has 5 N–H and O–H groups in total. The lowest BCUT2D eigenvalue weighted by molar-refractivity contribution is -0.472. The van der Waals surface area contributed by atoms with Crippen LogP contribution >= 0.6 is 0 Å². The molecule has 324 valence electrons. The molecule has 4 aliphatic carbocycles. The molecule has 1 heterocycles. The van der Waals surface area contributed by atoms with E-state index in [2.05, 4.69) is 10.1 Å². The highest BCUT2D eigenvalue weighted by molar-refractivity contribution is 5.98. The molecule has 0 radical (unpaired) electrons. The lowest BCUT2D eigenvalue weighted by Gasteiger charge is -2.86. The van der Waals surface area contributed by atoms with E-state index in [4.69, 9.17) is 18.9 Å². The van der Waals surface area contributed by atoms with E-state index in [1.54, 1.807) is 24.3 Å². The van der Waals surface area contributed by atoms with E-state index in [1.807, 2.05) is 0 Å². The summed E-state index contributed by atoms with van der Waals surface area (Å²) in [6, 6.07) is 13.1. The van der Waals surface area contributed by atoms with E-state index in [1.165, 1.54) is 57.2 Å². The van der Waals surface area contributed by atoms with Crippen LogP contribution in [0.5, 0.6) is 0 Å². The molecule has 1 unspecified atom stereocenters. The fourth-order valence-corrected chi connectivity index (χ4v) is 11.0. The van der Waals surface area contributed by atoms with Gasteiger partial charge in [-0.2, -0.15) is 13.2 Å². The second kappa shape index (κ2) is 14.1. The van der Waals surface area contributed by atoms with Gasteiger partial charge in [0.1, 0.15) is 30.0 Å². The first-order valence-corrected chi connectivity index (χ1v) is 19.3. The minimum absolute atomic E-state index is 0.0169. The number of carbonyl (C=O) groups is 5. The van der Waals surface area contributed by atoms with Crippen LogP contribution in [0.15, 0.2) is 71.8 Å². The summed E-state index contributed by atoms with van der Waals surface area (Å²) in [5, 5.41) is 50.6. The molecule has 5 aliphatic rings. The summed E-state index contributed by atoms with van der Waals surface area (Å²) < 4.78 is 69.4. The van der Waals surface area contributed by atoms with E-state index >= 15 is 0 Å². The molecule has 18 heteroatoms. The van der Waals surface area contributed by atoms with Crippen molar-refractivity contribution < 1.29 is 81.3 Å². The molecule has 0 aromatic heterocycles. The Morgan fingerprint density at radius 2 is 1.57 bits per heavy atom. The number of carbonyl (C=O) groups excluding carboxylic acids is 5. The third-order valence-corrected chi connectivity index (χ3v) is 13.9. The highest BCUT2D eigenvalue weighted by atomic mass is 19.4. The number of aliphatic hydroxyl groups excluding tert-OH is 3. The zero-order chi connectivity index (χ0) is 44.2. The Hall–Kier alpha value is -4.88. The van der Waals surface area contributed by atoms with Crippen LogP contribution in [-0.4, -0.2) is 116 Å². The second-order valence-electron chi connectivity index (χ2n) is 17.1. The molecule has 1 spiro atoms. The molecule has 1 aliphatic heterocycles. The number of alkyl carbamates (subject to hydrolysis) is 1. The Morgan fingerprint density at radius 1 is 0.967 bits per heavy atom. The van der Waals surface area contributed by atoms with Crippen LogP contribution in [0.4, 0.5) is 18.0 Å². The fourth-order valence-electron chi connectivity index (χ4n) is 11.0. The largest absolute Gasteiger partial charge is 0.456 e. The van der Waals surface area contributed by atoms with Crippen molar-refractivity contribution in [1.82, 2.24) is 5.32 Å². The SMILES string of the molecule is CC(=O)O[C@@]12CO[C@@H]1C[C@H](O)[C@@]1(C)C(=O)[C@H](O)C3=C(C)[C@@H](OC(=O)[C@H](O)[C@@H](NC(=O)OC(C)(C)C(F)(F)F)c4ccccc4)C[C@@]4(O)[C@@H](OC(=O)c5ccccc5)C21[C@@]34C. The Balaban J connectivity index is 1.33. The Morgan fingerprint density at radius 3 is 2.12 bits per heavy atom. The number of alkyl halides is 3. The zero-order valence-electron chi connectivity index (χ0n) is 33.4. The van der Waals surface area contributed by atoms with Gasteiger partial charge in [0.15, 0.2) is 17.5 Å². The average Bonchev–Trinajstić information content (AvgIpc) is 3.18. The van der Waals surface area contributed by atoms with E-state index in [0.29, 0.717) is 13.8 Å². The highest BCUT2D eigenvalue weighted by Gasteiger charge is 2.99. The quantitative estimate of drug-likeness (QED) is 0.139. The third-order valence-electron chi connectivity index (χ3n) is 13.9. The van der Waals surface area contributed by atoms with Gasteiger partial charge in [0, 0.05) is 25.2 Å². The molecule has 1 amide bonds. The van der Waals surface area contributed by atoms with E-state index in [0.717, 1.165) is 6.92 Å². The predicted octanol–water partition coefficient (Wildman–Crippen LogP) is 3.17. The lowest BCUT2D eigenvalue weighted by atomic mass is 9.20. The maximum Gasteiger partial charge on any atom is 0.427 e. The minimum Gasteiger partial charge on any atom is -0.456 e. The molecule has 60 heavy (non-hydrogen) atoms. The predicted molar refractivity (Wildman–Crippen MR) is 197 cm³/mol. The number of ketones is 1. The van der Waals surface area contributed by atoms with E-state index in [9.17, 15) is 57.6 Å². The standard InChI is InChI=1S/C42H46F3NO14/c1-20-24(57-33(53)30(50)28(22-13-9-7-10-14-22)46-35(54)60-36(3,4)42(43,44)45)18-39(55)34(58-32(52)23-15-11-8-12-16-23)41-37(5,31(51)29(49)27(20)38(39,41)6)25(48)17-26-40(41,19-56-26)59-21(2)47/h7-16,24-26,28-30,34,48-50,55H,17-19H2,1-6H3,(H,46,54)/t24-,25-,26+,28-,29+,30+,34+,37-,38-,39+,40-,41?/m0/s1. The number of nitrogens with one attached hydrogen (secondary N) is 1. The number of benzene rings is 2. The summed E-state index contributed by atoms with van der Waals surface area (Å²) in [6.45, 7) is 6.24. The van der Waals surface area contributed by atoms with Crippen LogP contribution in [0.3, 0.4) is 0 Å². The smallest absolute Gasteiger partial charge is 0.427 e. The molecule has 2 aromatic rings. The lowest BCUT2D eigenvalue weighted by Crippen LogP contribution is -3.00. The number of fused-ring (bicyclic) bond motifs is 1. The van der Waals surface area contributed by atoms with Gasteiger partial charge >= 0.3 is 30.2 Å². The average molecular weight is 846 g/mol. The Kier molecular flexibility index (Phi) is 10.1. The molecular weight excluding hydrogens is 799 g/mol. The Labute approximate surface area is 341 Å². The number of hydrogen-bond acceptors (Lipinski definition) is 14. The van der Waals surface area contributed by atoms with Crippen molar-refractivity contribution in [2.45, 2.75) is 120 Å². The van der Waals surface area contributed by atoms with Gasteiger partial charge in [0.05, 0.1) is 35.1 Å². The molecule has 2 aromatic carbocycles. The molecular formula is C42H46F3NO14. The first-order valence-electron chi connectivity index (χ1n) is 19.3. The number of hydrogen-bond donors (Lipinski definition) is 5. The van der Waals surface area contributed by atoms with Gasteiger partial charge in [0.25, 0.3) is 0 Å². The fraction of sp³-hybridized carbons (Fsp3) is 0.548. The van der Waals surface area contributed by atoms with Gasteiger partial charge < -0.3 is 49.4 Å². The number of aliphatic hydroxyl groups is 4. The number of rotatable bonds is 9. The van der Waals surface area contributed by atoms with Gasteiger partial charge in [-0.25, -0.2) is 14.4 Å². The van der Waals surface area contributed by atoms with Crippen molar-refractivity contribution in [1.29, 1.82) is 0 Å². The number of amides is 1. The normalized spacial score (nSPS) is 36.4. The van der Waals surface area contributed by atoms with Crippen LogP contribution in [0, 0.1) is 16.2 Å². The molecule has 1 saturated heterocycles. The summed E-state index contributed by atoms with van der Waals surface area (Å²) in [5.41, 5.74) is -13.2. The number of Topliss-reactive ketones (excluding diaryl/α,β-unsaturated/α-hetero) is 1. The summed E-state index contributed by atoms with van der Waals surface area (Å²) in [4.78, 5) is 68.6. The highest BCUT2D eigenvalue weighted by Crippen LogP contribution is 2.85. The summed E-state index contributed by atoms with van der Waals surface area (Å²) in [7, 11) is 0. The number of ether oxygens (including phenoxy) is 5. The van der Waals surface area contributed by atoms with Crippen molar-refractivity contribution in [3.63, 3.8) is 0 Å². The summed E-state index contributed by atoms with van der Waals surface area (Å²) in [5.74, 6) is -4.22. The van der Waals surface area contributed by atoms with Crippen LogP contribution in [0.25, 0.3) is 0 Å². The van der Waals surface area contributed by atoms with Gasteiger partial charge in [-0.3, -0.25) is 9.59 Å². The molecule has 15 nitrogen and oxygen atoms in total. The first-order chi connectivity index (χ1) is 27.9.